The Morgan fingerprint density at radius 3 is 0.964 bits per heavy atom. The highest BCUT2D eigenvalue weighted by Crippen LogP contribution is 2.42. The first-order valence-corrected chi connectivity index (χ1v) is 31.5. The van der Waals surface area contributed by atoms with Crippen LogP contribution in [0.25, 0.3) is 77.2 Å². The fraction of sp³-hybridized carbons (Fsp3) is 0.100. The summed E-state index contributed by atoms with van der Waals surface area (Å²) in [6.07, 6.45) is 0. The quantitative estimate of drug-likeness (QED) is 0.0929. The van der Waals surface area contributed by atoms with Gasteiger partial charge in [0.15, 0.2) is 8.07 Å². The maximum Gasteiger partial charge on any atom is 0.179 e. The molecule has 14 rings (SSSR count). The van der Waals surface area contributed by atoms with E-state index in [0.29, 0.717) is 0 Å². The van der Waals surface area contributed by atoms with Crippen molar-refractivity contribution in [3.05, 3.63) is 308 Å². The van der Waals surface area contributed by atoms with Crippen molar-refractivity contribution in [2.75, 3.05) is 4.90 Å². The standard InChI is InChI=1S/C80H67N3Si/c1-79(2,3)60-37-49-77-73(53-60)74-54-61(80(4,5)6)38-50-78(74)83(77)65-45-41-63(42-46-65)81(66-27-22-34-70(55-66)84(67-28-16-9-17-29-67,68-30-18-10-19-31-68)69-32-20-11-21-33-69)62-39-43-64(44-40-62)82-75-47-35-58(56-23-12-7-13-24-56)51-71(75)72-52-59(36-48-76(72)82)57-25-14-8-15-26-57/h7-55H,1-6H3. The van der Waals surface area contributed by atoms with Crippen molar-refractivity contribution in [3.63, 3.8) is 0 Å². The lowest BCUT2D eigenvalue weighted by Gasteiger charge is -2.35. The van der Waals surface area contributed by atoms with Crippen LogP contribution in [-0.2, 0) is 10.8 Å². The van der Waals surface area contributed by atoms with Gasteiger partial charge < -0.3 is 14.0 Å². The van der Waals surface area contributed by atoms with Crippen molar-refractivity contribution in [2.45, 2.75) is 52.4 Å². The van der Waals surface area contributed by atoms with Crippen LogP contribution >= 0.6 is 0 Å². The number of hydrogen-bond donors (Lipinski definition) is 0. The number of fused-ring (bicyclic) bond motifs is 6. The summed E-state index contributed by atoms with van der Waals surface area (Å²) in [6.45, 7) is 13.8. The Labute approximate surface area is 495 Å². The molecule has 0 radical (unpaired) electrons. The lowest BCUT2D eigenvalue weighted by atomic mass is 9.85. The van der Waals surface area contributed by atoms with Crippen molar-refractivity contribution in [2.24, 2.45) is 0 Å². The van der Waals surface area contributed by atoms with Gasteiger partial charge >= 0.3 is 0 Å². The van der Waals surface area contributed by atoms with Crippen molar-refractivity contribution in [1.29, 1.82) is 0 Å². The molecule has 0 spiro atoms. The molecule has 3 nitrogen and oxygen atoms in total. The predicted molar refractivity (Wildman–Crippen MR) is 362 cm³/mol. The highest BCUT2D eigenvalue weighted by atomic mass is 28.3. The van der Waals surface area contributed by atoms with E-state index in [1.165, 1.54) is 97.7 Å². The Bertz CT molecular complexity index is 4420. The van der Waals surface area contributed by atoms with Gasteiger partial charge in [-0.1, -0.05) is 230 Å². The summed E-state index contributed by atoms with van der Waals surface area (Å²) in [5.74, 6) is 0. The number of hydrogen-bond acceptors (Lipinski definition) is 1. The predicted octanol–water partition coefficient (Wildman–Crippen LogP) is 18.7. The van der Waals surface area contributed by atoms with E-state index in [9.17, 15) is 0 Å². The SMILES string of the molecule is CC(C)(C)c1ccc2c(c1)c1cc(C(C)(C)C)ccc1n2-c1ccc(N(c2ccc(-n3c4ccc(-c5ccccc5)cc4c4cc(-c5ccccc5)ccc43)cc2)c2cccc([Si](c3ccccc3)(c3ccccc3)c3ccccc3)c2)cc1. The maximum atomic E-state index is 2.48. The lowest BCUT2D eigenvalue weighted by molar-refractivity contribution is 0.590. The van der Waals surface area contributed by atoms with Gasteiger partial charge in [0, 0.05) is 50.0 Å². The number of aromatic nitrogens is 2. The molecule has 0 bridgehead atoms. The van der Waals surface area contributed by atoms with Crippen molar-refractivity contribution in [1.82, 2.24) is 9.13 Å². The van der Waals surface area contributed by atoms with E-state index < -0.39 is 8.07 Å². The van der Waals surface area contributed by atoms with E-state index in [-0.39, 0.29) is 10.8 Å². The van der Waals surface area contributed by atoms with Crippen molar-refractivity contribution in [3.8, 4) is 33.6 Å². The molecule has 0 aliphatic heterocycles. The molecule has 4 heteroatoms. The van der Waals surface area contributed by atoms with Crippen LogP contribution in [-0.4, -0.2) is 17.2 Å². The average molecular weight is 1100 g/mol. The molecule has 84 heavy (non-hydrogen) atoms. The number of benzene rings is 12. The van der Waals surface area contributed by atoms with Crippen LogP contribution in [0.4, 0.5) is 17.1 Å². The van der Waals surface area contributed by atoms with Gasteiger partial charge in [-0.15, -0.1) is 0 Å². The van der Waals surface area contributed by atoms with Crippen molar-refractivity contribution >= 4 is 89.5 Å². The molecule has 0 amide bonds. The van der Waals surface area contributed by atoms with Crippen LogP contribution in [0.1, 0.15) is 52.7 Å². The van der Waals surface area contributed by atoms with E-state index in [1.54, 1.807) is 0 Å². The number of nitrogens with zero attached hydrogens (tertiary/aromatic N) is 3. The monoisotopic (exact) mass is 1100 g/mol. The summed E-state index contributed by atoms with van der Waals surface area (Å²) < 4.78 is 4.90. The van der Waals surface area contributed by atoms with Gasteiger partial charge in [0.05, 0.1) is 22.1 Å². The summed E-state index contributed by atoms with van der Waals surface area (Å²) in [4.78, 5) is 2.46. The van der Waals surface area contributed by atoms with Gasteiger partial charge in [-0.2, -0.15) is 0 Å². The van der Waals surface area contributed by atoms with E-state index in [4.69, 9.17) is 0 Å². The molecular formula is C80H67N3Si. The second-order valence-electron chi connectivity index (χ2n) is 24.6. The molecule has 14 aromatic rings. The first-order valence-electron chi connectivity index (χ1n) is 29.5. The molecule has 0 saturated carbocycles. The molecule has 406 valence electrons. The zero-order valence-electron chi connectivity index (χ0n) is 48.6. The highest BCUT2D eigenvalue weighted by molar-refractivity contribution is 7.20. The fourth-order valence-electron chi connectivity index (χ4n) is 13.0. The molecule has 12 aromatic carbocycles. The van der Waals surface area contributed by atoms with Crippen LogP contribution in [0, 0.1) is 0 Å². The lowest BCUT2D eigenvalue weighted by Crippen LogP contribution is -2.74. The first kappa shape index (κ1) is 52.3. The Hall–Kier alpha value is -9.74. The third kappa shape index (κ3) is 9.15. The fourth-order valence-corrected chi connectivity index (χ4v) is 17.8. The van der Waals surface area contributed by atoms with Crippen LogP contribution in [0.15, 0.2) is 297 Å². The molecule has 2 aromatic heterocycles. The molecule has 0 atom stereocenters. The highest BCUT2D eigenvalue weighted by Gasteiger charge is 2.41. The van der Waals surface area contributed by atoms with Crippen molar-refractivity contribution < 1.29 is 0 Å². The Balaban J connectivity index is 0.954. The van der Waals surface area contributed by atoms with E-state index in [0.717, 1.165) is 28.4 Å². The van der Waals surface area contributed by atoms with Gasteiger partial charge in [0.25, 0.3) is 0 Å². The second kappa shape index (κ2) is 20.9. The van der Waals surface area contributed by atoms with Gasteiger partial charge in [-0.25, -0.2) is 0 Å². The average Bonchev–Trinajstić information content (AvgIpc) is 1.93. The zero-order valence-corrected chi connectivity index (χ0v) is 49.6. The topological polar surface area (TPSA) is 13.1 Å². The first-order chi connectivity index (χ1) is 40.9. The third-order valence-electron chi connectivity index (χ3n) is 17.4. The van der Waals surface area contributed by atoms with Gasteiger partial charge in [0.1, 0.15) is 0 Å². The van der Waals surface area contributed by atoms with Crippen LogP contribution in [0.3, 0.4) is 0 Å². The summed E-state index contributed by atoms with van der Waals surface area (Å²) in [7, 11) is -2.89. The molecule has 2 heterocycles. The normalized spacial score (nSPS) is 12.2. The third-order valence-corrected chi connectivity index (χ3v) is 22.1. The van der Waals surface area contributed by atoms with Crippen LogP contribution in [0.5, 0.6) is 0 Å². The molecule has 0 aliphatic rings. The Morgan fingerprint density at radius 2 is 0.595 bits per heavy atom. The molecule has 0 N–H and O–H groups in total. The smallest absolute Gasteiger partial charge is 0.179 e. The summed E-state index contributed by atoms with van der Waals surface area (Å²) in [5, 5.41) is 10.3. The molecule has 0 fully saturated rings. The minimum absolute atomic E-state index is 0.0128. The van der Waals surface area contributed by atoms with Gasteiger partial charge in [0.2, 0.25) is 0 Å². The van der Waals surface area contributed by atoms with Gasteiger partial charge in [-0.05, 0) is 174 Å². The summed E-state index contributed by atoms with van der Waals surface area (Å²) >= 11 is 0. The largest absolute Gasteiger partial charge is 0.311 e. The zero-order chi connectivity index (χ0) is 57.2. The Kier molecular flexibility index (Phi) is 13.0. The van der Waals surface area contributed by atoms with E-state index >= 15 is 0 Å². The molecule has 0 unspecified atom stereocenters. The maximum absolute atomic E-state index is 2.89. The van der Waals surface area contributed by atoms with Gasteiger partial charge in [-0.3, -0.25) is 0 Å². The summed E-state index contributed by atoms with van der Waals surface area (Å²) in [6, 6.07) is 111. The number of rotatable bonds is 11. The minimum Gasteiger partial charge on any atom is -0.311 e. The van der Waals surface area contributed by atoms with E-state index in [2.05, 4.69) is 353 Å². The van der Waals surface area contributed by atoms with E-state index in [1.807, 2.05) is 0 Å². The molecular weight excluding hydrogens is 1030 g/mol. The molecule has 0 saturated heterocycles. The van der Waals surface area contributed by atoms with Crippen LogP contribution in [0.2, 0.25) is 0 Å². The minimum atomic E-state index is -2.89. The van der Waals surface area contributed by atoms with Crippen LogP contribution < -0.4 is 25.6 Å². The summed E-state index contributed by atoms with van der Waals surface area (Å²) in [5.41, 5.74) is 17.7. The number of anilines is 3. The Morgan fingerprint density at radius 1 is 0.262 bits per heavy atom. The molecule has 0 aliphatic carbocycles. The second-order valence-corrected chi connectivity index (χ2v) is 28.4.